The highest BCUT2D eigenvalue weighted by atomic mass is 16.8. The number of hydrogen-bond donors (Lipinski definition) is 24. The first kappa shape index (κ1) is 113. The second kappa shape index (κ2) is 51.4. The molecular formula is C91H156N2O40. The highest BCUT2D eigenvalue weighted by molar-refractivity contribution is 5.82. The van der Waals surface area contributed by atoms with E-state index in [2.05, 4.69) is 5.32 Å². The van der Waals surface area contributed by atoms with Gasteiger partial charge in [-0.3, -0.25) is 4.79 Å². The summed E-state index contributed by atoms with van der Waals surface area (Å²) in [7, 11) is 0. The van der Waals surface area contributed by atoms with E-state index in [-0.39, 0.29) is 44.0 Å². The van der Waals surface area contributed by atoms with Crippen molar-refractivity contribution < 1.29 is 198 Å². The molecular weight excluding hydrogens is 1760 g/mol. The summed E-state index contributed by atoms with van der Waals surface area (Å²) in [5, 5.41) is 254. The zero-order valence-electron chi connectivity index (χ0n) is 78.3. The molecule has 133 heavy (non-hydrogen) atoms. The highest BCUT2D eigenvalue weighted by Gasteiger charge is 2.60. The van der Waals surface area contributed by atoms with Gasteiger partial charge in [0, 0.05) is 93.1 Å². The molecule has 9 heterocycles. The van der Waals surface area contributed by atoms with Crippen LogP contribution in [0.5, 0.6) is 0 Å². The van der Waals surface area contributed by atoms with Gasteiger partial charge in [-0.25, -0.2) is 4.79 Å². The molecule has 8 fully saturated rings. The summed E-state index contributed by atoms with van der Waals surface area (Å²) in [5.41, 5.74) is 5.50. The molecule has 0 spiro atoms. The minimum atomic E-state index is -3.15. The van der Waals surface area contributed by atoms with Gasteiger partial charge in [0.2, 0.25) is 11.7 Å². The van der Waals surface area contributed by atoms with E-state index in [9.17, 15) is 122 Å². The average Bonchev–Trinajstić information content (AvgIpc) is 0.756. The van der Waals surface area contributed by atoms with E-state index in [0.717, 1.165) is 13.0 Å². The maximum Gasteiger partial charge on any atom is 0.331 e. The summed E-state index contributed by atoms with van der Waals surface area (Å²) in [6.07, 6.45) is -45.7. The van der Waals surface area contributed by atoms with Crippen LogP contribution in [-0.4, -0.2) is 413 Å². The third-order valence-corrected chi connectivity index (χ3v) is 27.9. The number of hydrogen-bond acceptors (Lipinski definition) is 41. The second-order valence-electron chi connectivity index (χ2n) is 38.7. The van der Waals surface area contributed by atoms with Crippen LogP contribution < -0.4 is 11.1 Å². The number of allylic oxidation sites excluding steroid dienone is 4. The zero-order chi connectivity index (χ0) is 98.3. The Morgan fingerprint density at radius 1 is 0.526 bits per heavy atom. The Bertz CT molecular complexity index is 3580. The lowest BCUT2D eigenvalue weighted by Gasteiger charge is -2.52. The van der Waals surface area contributed by atoms with Gasteiger partial charge >= 0.3 is 5.97 Å². The van der Waals surface area contributed by atoms with Crippen molar-refractivity contribution in [2.24, 2.45) is 41.2 Å². The van der Waals surface area contributed by atoms with E-state index in [1.807, 2.05) is 27.7 Å². The molecule has 42 heteroatoms. The number of nitrogens with one attached hydrogen (secondary N) is 1. The standard InChI is InChI=1S/C91H156N2O40/c1-14-57(123-67-28-26-58(46(8)119-67)124-68-29-27-59(47(9)120-68)125-70-36-90(13,92)84(115)49(11)121-70)43(5)72(104)44(6)73(105)45(7)83-40(2)20-18-19-22-52(98)31-54(100)32-55(101)33-60(127-87-71(93-50(12)96)78(110)76(108)63(37-94)129-87)42(4)61-34-56(102)85(116)91(117,133-61)86(41(3)24-25-53(99)30-51(97)21-16-15-17-23-66(103)131-83)132-69-35-62(128-89-82(114)80(112)77(109)64(38-95)130-89)75(107)65(126-69)39-118-88-81(113)79(111)74(106)48(10)122-88/h15-20,22-23,40-49,51-65,67-89,94-95,97-102,104-117H,14,21,24-39,92H2,1-13H3,(H,93,96)/t40-,41+,42+,43-,44+,45-,46+,47+,48+,49-,51+,52+,53-,54-,55+,56?,57?,58+,59+,60?,61?,62+,63+,64+,65+,67-,68-,69-,70-,71+,72-,73-,74+,75-,76+,77+,78+,79-,80-,81-,82+,83?,84+,85?,86?,87-,88+,89+,90-,91?/m0/s1. The van der Waals surface area contributed by atoms with Crippen LogP contribution in [0.3, 0.4) is 0 Å². The van der Waals surface area contributed by atoms with Crippen LogP contribution in [0, 0.1) is 35.5 Å². The Balaban J connectivity index is 0.943. The van der Waals surface area contributed by atoms with Crippen LogP contribution in [0.25, 0.3) is 0 Å². The van der Waals surface area contributed by atoms with Crippen LogP contribution in [0.2, 0.25) is 0 Å². The number of ether oxygens (including phenoxy) is 16. The third-order valence-electron chi connectivity index (χ3n) is 27.9. The van der Waals surface area contributed by atoms with Gasteiger partial charge in [0.25, 0.3) is 0 Å². The lowest BCUT2D eigenvalue weighted by Crippen LogP contribution is -2.68. The Morgan fingerprint density at radius 2 is 1.11 bits per heavy atom. The molecule has 9 aliphatic rings. The van der Waals surface area contributed by atoms with Gasteiger partial charge < -0.3 is 199 Å². The molecule has 0 radical (unpaired) electrons. The van der Waals surface area contributed by atoms with Crippen LogP contribution in [0.15, 0.2) is 48.6 Å². The molecule has 0 saturated carbocycles. The normalized spacial score (nSPS) is 46.8. The van der Waals surface area contributed by atoms with E-state index in [1.165, 1.54) is 51.2 Å². The first-order valence-corrected chi connectivity index (χ1v) is 47.2. The van der Waals surface area contributed by atoms with Crippen molar-refractivity contribution in [3.63, 3.8) is 0 Å². The quantitative estimate of drug-likeness (QED) is 0.0394. The second-order valence-corrected chi connectivity index (χ2v) is 38.7. The first-order valence-electron chi connectivity index (χ1n) is 47.2. The minimum absolute atomic E-state index is 0.0904. The van der Waals surface area contributed by atoms with Crippen molar-refractivity contribution in [3.8, 4) is 0 Å². The van der Waals surface area contributed by atoms with Gasteiger partial charge in [0.15, 0.2) is 44.0 Å². The van der Waals surface area contributed by atoms with Gasteiger partial charge in [-0.2, -0.15) is 0 Å². The van der Waals surface area contributed by atoms with Crippen molar-refractivity contribution >= 4 is 11.9 Å². The Labute approximate surface area is 776 Å². The monoisotopic (exact) mass is 1920 g/mol. The SMILES string of the molecule is CCC(O[C@H]1CC[C@@H](O[C@H]2CC[C@@H](O[C@H]3C[C@](C)(N)[C@H](O)[C@H](C)O3)[C@@H](C)O2)[C@@H](C)O1)[C@H](C)[C@H](O)[C@@H](C)[C@H](O)[C@H](C)C1OC(=O)C=CC=CC[C@@H](O)C[C@@H](O)CC[C@@H](C)C(O[C@H]2C[C@@H](O[C@@H]3O[C@H](CO)[C@@H](O)[C@H](O)[C@H]3O)[C@H](O)[C@@H](CO[C@@H]3O[C@H](C)[C@@H](O)[C@H](O)[C@@H]3O)O2)C2(O)OC(CC(O)C2O)[C@H](C)C(O[C@H]2O[C@H](CO)[C@@H](O)[C@H](O)[C@H]2NC(C)=O)C[C@H](O)C[C@@H](O)C[C@H](O)C=CC=C[C@@H]1C. The van der Waals surface area contributed by atoms with E-state index < -0.39 is 350 Å². The molecule has 9 rings (SSSR count). The number of aliphatic hydroxyl groups excluding tert-OH is 21. The lowest BCUT2D eigenvalue weighted by molar-refractivity contribution is -0.399. The van der Waals surface area contributed by atoms with E-state index in [0.29, 0.717) is 38.5 Å². The third kappa shape index (κ3) is 30.0. The van der Waals surface area contributed by atoms with Crippen LogP contribution >= 0.6 is 0 Å². The number of amides is 1. The summed E-state index contributed by atoms with van der Waals surface area (Å²) in [6.45, 7) is 19.0. The van der Waals surface area contributed by atoms with Gasteiger partial charge in [-0.15, -0.1) is 0 Å². The molecule has 0 aromatic heterocycles. The summed E-state index contributed by atoms with van der Waals surface area (Å²) in [6, 6.07) is -1.60. The Kier molecular flexibility index (Phi) is 43.6. The van der Waals surface area contributed by atoms with E-state index >= 15 is 0 Å². The highest BCUT2D eigenvalue weighted by Crippen LogP contribution is 2.45. The first-order chi connectivity index (χ1) is 62.6. The number of carbonyl (C=O) groups is 2. The molecule has 770 valence electrons. The van der Waals surface area contributed by atoms with Crippen LogP contribution in [0.4, 0.5) is 0 Å². The number of nitrogens with two attached hydrogens (primary N) is 1. The molecule has 9 aliphatic heterocycles. The predicted molar refractivity (Wildman–Crippen MR) is 463 cm³/mol. The Morgan fingerprint density at radius 3 is 1.75 bits per heavy atom. The predicted octanol–water partition coefficient (Wildman–Crippen LogP) is -3.54. The summed E-state index contributed by atoms with van der Waals surface area (Å²) in [5.74, 6) is -10.2. The molecule has 25 N–H and O–H groups in total. The van der Waals surface area contributed by atoms with Crippen molar-refractivity contribution in [2.75, 3.05) is 19.8 Å². The zero-order valence-corrected chi connectivity index (χ0v) is 78.3. The molecule has 8 unspecified atom stereocenters. The fraction of sp³-hybridized carbons (Fsp3) is 0.890. The van der Waals surface area contributed by atoms with Crippen molar-refractivity contribution in [1.82, 2.24) is 5.32 Å². The Hall–Kier alpha value is -3.62. The molecule has 2 bridgehead atoms. The van der Waals surface area contributed by atoms with Gasteiger partial charge in [0.1, 0.15) is 97.6 Å². The van der Waals surface area contributed by atoms with E-state index in [1.54, 1.807) is 46.8 Å². The van der Waals surface area contributed by atoms with Crippen LogP contribution in [-0.2, 0) is 85.4 Å². The number of fused-ring (bicyclic) bond motifs is 2. The molecule has 8 saturated heterocycles. The topological polar surface area (TPSA) is 665 Å². The number of aliphatic hydroxyl groups is 22. The maximum atomic E-state index is 14.0. The number of cyclic esters (lactones) is 1. The van der Waals surface area contributed by atoms with Crippen molar-refractivity contribution in [3.05, 3.63) is 48.6 Å². The number of carbonyl (C=O) groups excluding carboxylic acids is 2. The minimum Gasteiger partial charge on any atom is -0.458 e. The lowest BCUT2D eigenvalue weighted by atomic mass is 9.78. The summed E-state index contributed by atoms with van der Waals surface area (Å²) >= 11 is 0. The molecule has 0 aromatic carbocycles. The summed E-state index contributed by atoms with van der Waals surface area (Å²) < 4.78 is 99.7. The van der Waals surface area contributed by atoms with E-state index in [4.69, 9.17) is 81.5 Å². The largest absolute Gasteiger partial charge is 0.458 e. The van der Waals surface area contributed by atoms with Crippen molar-refractivity contribution in [2.45, 2.75) is 455 Å². The molecule has 1 amide bonds. The molecule has 0 aliphatic carbocycles. The van der Waals surface area contributed by atoms with Crippen molar-refractivity contribution in [1.29, 1.82) is 0 Å². The number of rotatable bonds is 25. The molecule has 42 nitrogen and oxygen atoms in total. The fourth-order valence-electron chi connectivity index (χ4n) is 19.5. The van der Waals surface area contributed by atoms with Gasteiger partial charge in [-0.1, -0.05) is 91.0 Å². The van der Waals surface area contributed by atoms with Gasteiger partial charge in [-0.05, 0) is 91.9 Å². The number of esters is 1. The average molecular weight is 1920 g/mol. The maximum absolute atomic E-state index is 14.0. The van der Waals surface area contributed by atoms with Gasteiger partial charge in [0.05, 0.1) is 136 Å². The summed E-state index contributed by atoms with van der Waals surface area (Å²) in [4.78, 5) is 26.8. The fourth-order valence-corrected chi connectivity index (χ4v) is 19.5. The molecule has 0 aromatic rings. The smallest absolute Gasteiger partial charge is 0.331 e. The van der Waals surface area contributed by atoms with Crippen LogP contribution in [0.1, 0.15) is 186 Å². The molecule has 50 atom stereocenters.